The van der Waals surface area contributed by atoms with E-state index in [-0.39, 0.29) is 24.9 Å². The molecule has 0 heterocycles. The molecule has 0 bridgehead atoms. The predicted octanol–water partition coefficient (Wildman–Crippen LogP) is 0.978. The molecule has 0 saturated heterocycles. The number of carbonyl (C=O) groups is 2. The number of nitrogens with two attached hydrogens (primary N) is 1. The van der Waals surface area contributed by atoms with Crippen LogP contribution in [0.15, 0.2) is 24.3 Å². The average molecular weight is 280 g/mol. The lowest BCUT2D eigenvalue weighted by Gasteiger charge is -2.16. The standard InChI is InChI=1S/C14H20N2O4/c1-9(10-3-5-11(15)6-4-10)7-13(17)16-12(8-20-2)14(18)19/h3-6,9,12H,7-8,15H2,1-2H3,(H,16,17)(H,18,19). The summed E-state index contributed by atoms with van der Waals surface area (Å²) in [6.45, 7) is 1.84. The molecule has 1 aromatic carbocycles. The minimum absolute atomic E-state index is 0.0208. The zero-order valence-corrected chi connectivity index (χ0v) is 11.6. The maximum atomic E-state index is 11.8. The number of carboxylic acids is 1. The number of amides is 1. The van der Waals surface area contributed by atoms with E-state index >= 15 is 0 Å². The number of hydrogen-bond donors (Lipinski definition) is 3. The quantitative estimate of drug-likeness (QED) is 0.646. The molecule has 110 valence electrons. The number of anilines is 1. The third-order valence-electron chi connectivity index (χ3n) is 2.96. The van der Waals surface area contributed by atoms with Gasteiger partial charge in [0.05, 0.1) is 6.61 Å². The van der Waals surface area contributed by atoms with Crippen molar-refractivity contribution in [3.05, 3.63) is 29.8 Å². The van der Waals surface area contributed by atoms with Crippen LogP contribution in [0.25, 0.3) is 0 Å². The van der Waals surface area contributed by atoms with Crippen LogP contribution in [0.3, 0.4) is 0 Å². The van der Waals surface area contributed by atoms with Gasteiger partial charge in [-0.1, -0.05) is 19.1 Å². The summed E-state index contributed by atoms with van der Waals surface area (Å²) < 4.78 is 4.76. The van der Waals surface area contributed by atoms with Crippen LogP contribution >= 0.6 is 0 Å². The Morgan fingerprint density at radius 2 is 1.95 bits per heavy atom. The summed E-state index contributed by atoms with van der Waals surface area (Å²) in [5.41, 5.74) is 7.25. The van der Waals surface area contributed by atoms with Crippen molar-refractivity contribution in [2.75, 3.05) is 19.5 Å². The molecule has 0 radical (unpaired) electrons. The highest BCUT2D eigenvalue weighted by Gasteiger charge is 2.21. The Labute approximate surface area is 117 Å². The van der Waals surface area contributed by atoms with Crippen molar-refractivity contribution in [2.45, 2.75) is 25.3 Å². The Morgan fingerprint density at radius 1 is 1.35 bits per heavy atom. The molecular formula is C14H20N2O4. The minimum Gasteiger partial charge on any atom is -0.480 e. The van der Waals surface area contributed by atoms with E-state index in [1.54, 1.807) is 12.1 Å². The van der Waals surface area contributed by atoms with E-state index in [2.05, 4.69) is 5.32 Å². The van der Waals surface area contributed by atoms with Gasteiger partial charge in [0.25, 0.3) is 0 Å². The van der Waals surface area contributed by atoms with Gasteiger partial charge in [-0.25, -0.2) is 4.79 Å². The number of nitrogens with one attached hydrogen (secondary N) is 1. The van der Waals surface area contributed by atoms with Gasteiger partial charge in [0.2, 0.25) is 5.91 Å². The number of aliphatic carboxylic acids is 1. The van der Waals surface area contributed by atoms with Gasteiger partial charge in [0, 0.05) is 19.2 Å². The SMILES string of the molecule is COCC(NC(=O)CC(C)c1ccc(N)cc1)C(=O)O. The van der Waals surface area contributed by atoms with E-state index in [1.807, 2.05) is 19.1 Å². The summed E-state index contributed by atoms with van der Waals surface area (Å²) in [6, 6.07) is 6.24. The van der Waals surface area contributed by atoms with Gasteiger partial charge in [0.15, 0.2) is 6.04 Å². The summed E-state index contributed by atoms with van der Waals surface area (Å²) in [4.78, 5) is 22.7. The summed E-state index contributed by atoms with van der Waals surface area (Å²) in [5, 5.41) is 11.4. The van der Waals surface area contributed by atoms with Crippen LogP contribution < -0.4 is 11.1 Å². The normalized spacial score (nSPS) is 13.5. The van der Waals surface area contributed by atoms with Gasteiger partial charge in [-0.05, 0) is 23.6 Å². The van der Waals surface area contributed by atoms with Crippen LogP contribution in [0.2, 0.25) is 0 Å². The van der Waals surface area contributed by atoms with E-state index in [1.165, 1.54) is 7.11 Å². The van der Waals surface area contributed by atoms with Crippen LogP contribution in [0.4, 0.5) is 5.69 Å². The zero-order chi connectivity index (χ0) is 15.1. The van der Waals surface area contributed by atoms with Crippen molar-refractivity contribution < 1.29 is 19.4 Å². The summed E-state index contributed by atoms with van der Waals surface area (Å²) in [7, 11) is 1.39. The molecule has 0 aliphatic carbocycles. The van der Waals surface area contributed by atoms with E-state index in [0.29, 0.717) is 5.69 Å². The molecule has 2 unspecified atom stereocenters. The molecule has 0 spiro atoms. The van der Waals surface area contributed by atoms with E-state index in [9.17, 15) is 9.59 Å². The van der Waals surface area contributed by atoms with Gasteiger partial charge in [-0.15, -0.1) is 0 Å². The Bertz CT molecular complexity index is 459. The smallest absolute Gasteiger partial charge is 0.328 e. The van der Waals surface area contributed by atoms with E-state index in [4.69, 9.17) is 15.6 Å². The molecule has 20 heavy (non-hydrogen) atoms. The number of carboxylic acid groups (broad SMARTS) is 1. The Hall–Kier alpha value is -2.08. The predicted molar refractivity (Wildman–Crippen MR) is 75.3 cm³/mol. The lowest BCUT2D eigenvalue weighted by atomic mass is 9.97. The first-order valence-corrected chi connectivity index (χ1v) is 6.30. The molecule has 2 atom stereocenters. The first-order valence-electron chi connectivity index (χ1n) is 6.30. The van der Waals surface area contributed by atoms with E-state index < -0.39 is 12.0 Å². The van der Waals surface area contributed by atoms with Gasteiger partial charge >= 0.3 is 5.97 Å². The van der Waals surface area contributed by atoms with Crippen molar-refractivity contribution in [1.82, 2.24) is 5.32 Å². The molecule has 1 aromatic rings. The second kappa shape index (κ2) is 7.49. The van der Waals surface area contributed by atoms with E-state index in [0.717, 1.165) is 5.56 Å². The number of benzene rings is 1. The molecule has 0 fully saturated rings. The number of methoxy groups -OCH3 is 1. The van der Waals surface area contributed by atoms with Crippen molar-refractivity contribution in [3.63, 3.8) is 0 Å². The first kappa shape index (κ1) is 16.0. The molecule has 0 aliphatic heterocycles. The van der Waals surface area contributed by atoms with Gasteiger partial charge < -0.3 is 20.9 Å². The summed E-state index contributed by atoms with van der Waals surface area (Å²) in [5.74, 6) is -1.45. The molecule has 4 N–H and O–H groups in total. The van der Waals surface area contributed by atoms with Crippen molar-refractivity contribution in [2.24, 2.45) is 0 Å². The number of carbonyl (C=O) groups excluding carboxylic acids is 1. The lowest BCUT2D eigenvalue weighted by Crippen LogP contribution is -2.44. The van der Waals surface area contributed by atoms with Crippen molar-refractivity contribution in [3.8, 4) is 0 Å². The highest BCUT2D eigenvalue weighted by Crippen LogP contribution is 2.19. The van der Waals surface area contributed by atoms with Crippen molar-refractivity contribution in [1.29, 1.82) is 0 Å². The topological polar surface area (TPSA) is 102 Å². The molecule has 0 aromatic heterocycles. The first-order chi connectivity index (χ1) is 9.43. The van der Waals surface area contributed by atoms with Gasteiger partial charge in [0.1, 0.15) is 0 Å². The molecule has 0 saturated carbocycles. The molecule has 0 aliphatic rings. The number of ether oxygens (including phenoxy) is 1. The fourth-order valence-corrected chi connectivity index (χ4v) is 1.82. The number of nitrogen functional groups attached to an aromatic ring is 1. The minimum atomic E-state index is -1.11. The molecule has 1 amide bonds. The van der Waals surface area contributed by atoms with Crippen LogP contribution in [-0.2, 0) is 14.3 Å². The van der Waals surface area contributed by atoms with Crippen LogP contribution in [-0.4, -0.2) is 36.7 Å². The second-order valence-corrected chi connectivity index (χ2v) is 4.69. The molecular weight excluding hydrogens is 260 g/mol. The van der Waals surface area contributed by atoms with Crippen LogP contribution in [0, 0.1) is 0 Å². The van der Waals surface area contributed by atoms with Crippen LogP contribution in [0.1, 0.15) is 24.8 Å². The monoisotopic (exact) mass is 280 g/mol. The highest BCUT2D eigenvalue weighted by molar-refractivity contribution is 5.84. The molecule has 6 heteroatoms. The number of rotatable bonds is 7. The molecule has 6 nitrogen and oxygen atoms in total. The maximum absolute atomic E-state index is 11.8. The summed E-state index contributed by atoms with van der Waals surface area (Å²) >= 11 is 0. The Morgan fingerprint density at radius 3 is 2.45 bits per heavy atom. The van der Waals surface area contributed by atoms with Gasteiger partial charge in [-0.2, -0.15) is 0 Å². The zero-order valence-electron chi connectivity index (χ0n) is 11.6. The second-order valence-electron chi connectivity index (χ2n) is 4.69. The highest BCUT2D eigenvalue weighted by atomic mass is 16.5. The van der Waals surface area contributed by atoms with Gasteiger partial charge in [-0.3, -0.25) is 4.79 Å². The Kier molecular flexibility index (Phi) is 5.99. The largest absolute Gasteiger partial charge is 0.480 e. The molecule has 1 rings (SSSR count). The fourth-order valence-electron chi connectivity index (χ4n) is 1.82. The average Bonchev–Trinajstić information content (AvgIpc) is 2.38. The maximum Gasteiger partial charge on any atom is 0.328 e. The third-order valence-corrected chi connectivity index (χ3v) is 2.96. The van der Waals surface area contributed by atoms with Crippen molar-refractivity contribution >= 4 is 17.6 Å². The summed E-state index contributed by atoms with van der Waals surface area (Å²) in [6.07, 6.45) is 0.206. The lowest BCUT2D eigenvalue weighted by molar-refractivity contribution is -0.143. The Balaban J connectivity index is 2.56. The fraction of sp³-hybridized carbons (Fsp3) is 0.429. The third kappa shape index (κ3) is 4.89. The number of hydrogen-bond acceptors (Lipinski definition) is 4. The van der Waals surface area contributed by atoms with Crippen LogP contribution in [0.5, 0.6) is 0 Å².